The molecule has 17 heavy (non-hydrogen) atoms. The van der Waals surface area contributed by atoms with Gasteiger partial charge in [-0.15, -0.1) is 0 Å². The van der Waals surface area contributed by atoms with Crippen LogP contribution in [0.5, 0.6) is 0 Å². The van der Waals surface area contributed by atoms with Crippen LogP contribution in [0.25, 0.3) is 0 Å². The fourth-order valence-corrected chi connectivity index (χ4v) is 1.26. The number of rotatable bonds is 2. The monoisotopic (exact) mass is 228 g/mol. The molecule has 2 aromatic rings. The number of nitriles is 1. The van der Waals surface area contributed by atoms with Gasteiger partial charge in [0.05, 0.1) is 12.4 Å². The maximum atomic E-state index is 11.8. The summed E-state index contributed by atoms with van der Waals surface area (Å²) in [6.45, 7) is 0. The van der Waals surface area contributed by atoms with Crippen molar-refractivity contribution < 1.29 is 4.79 Å². The van der Waals surface area contributed by atoms with Crippen LogP contribution in [0.15, 0.2) is 24.8 Å². The molecule has 0 aliphatic carbocycles. The third kappa shape index (κ3) is 2.10. The van der Waals surface area contributed by atoms with Gasteiger partial charge in [0.25, 0.3) is 5.91 Å². The number of hydrogen-bond acceptors (Lipinski definition) is 5. The Labute approximate surface area is 96.7 Å². The molecule has 7 heteroatoms. The van der Waals surface area contributed by atoms with Crippen molar-refractivity contribution in [2.45, 2.75) is 0 Å². The first-order valence-electron chi connectivity index (χ1n) is 4.72. The van der Waals surface area contributed by atoms with Gasteiger partial charge in [0.2, 0.25) is 0 Å². The van der Waals surface area contributed by atoms with Gasteiger partial charge in [-0.05, 0) is 0 Å². The number of carbonyl (C=O) groups is 1. The van der Waals surface area contributed by atoms with Crippen molar-refractivity contribution in [2.75, 3.05) is 5.32 Å². The molecule has 0 bridgehead atoms. The minimum absolute atomic E-state index is 0.178. The number of nitrogens with one attached hydrogen (secondary N) is 1. The highest BCUT2D eigenvalue weighted by Crippen LogP contribution is 2.13. The predicted octanol–water partition coefficient (Wildman–Crippen LogP) is 0.334. The van der Waals surface area contributed by atoms with Crippen molar-refractivity contribution in [3.8, 4) is 6.07 Å². The summed E-state index contributed by atoms with van der Waals surface area (Å²) in [5.41, 5.74) is 0.474. The average molecular weight is 228 g/mol. The lowest BCUT2D eigenvalue weighted by Crippen LogP contribution is -2.16. The highest BCUT2D eigenvalue weighted by Gasteiger charge is 2.13. The zero-order valence-electron chi connectivity index (χ0n) is 8.95. The van der Waals surface area contributed by atoms with Crippen molar-refractivity contribution in [1.82, 2.24) is 19.7 Å². The highest BCUT2D eigenvalue weighted by molar-refractivity contribution is 6.02. The number of anilines is 1. The molecule has 0 aromatic carbocycles. The number of nitrogens with zero attached hydrogens (tertiary/aromatic N) is 5. The minimum atomic E-state index is -0.432. The summed E-state index contributed by atoms with van der Waals surface area (Å²) in [6.07, 6.45) is 5.62. The Morgan fingerprint density at radius 3 is 2.94 bits per heavy atom. The Morgan fingerprint density at radius 1 is 1.47 bits per heavy atom. The van der Waals surface area contributed by atoms with Gasteiger partial charge in [-0.2, -0.15) is 10.4 Å². The van der Waals surface area contributed by atoms with E-state index in [4.69, 9.17) is 5.26 Å². The average Bonchev–Trinajstić information content (AvgIpc) is 2.71. The summed E-state index contributed by atoms with van der Waals surface area (Å²) in [5, 5.41) is 15.3. The molecule has 0 spiro atoms. The van der Waals surface area contributed by atoms with Crippen LogP contribution in [0.1, 0.15) is 16.1 Å². The van der Waals surface area contributed by atoms with Gasteiger partial charge >= 0.3 is 0 Å². The summed E-state index contributed by atoms with van der Waals surface area (Å²) in [4.78, 5) is 19.4. The third-order valence-electron chi connectivity index (χ3n) is 2.09. The first kappa shape index (κ1) is 10.8. The van der Waals surface area contributed by atoms with E-state index in [1.165, 1.54) is 29.5 Å². The van der Waals surface area contributed by atoms with Crippen molar-refractivity contribution >= 4 is 11.7 Å². The van der Waals surface area contributed by atoms with E-state index < -0.39 is 5.91 Å². The van der Waals surface area contributed by atoms with Crippen molar-refractivity contribution in [1.29, 1.82) is 5.26 Å². The summed E-state index contributed by atoms with van der Waals surface area (Å²) in [5.74, 6) is -0.0960. The van der Waals surface area contributed by atoms with Crippen LogP contribution < -0.4 is 5.32 Å². The molecule has 2 aromatic heterocycles. The molecule has 0 saturated carbocycles. The largest absolute Gasteiger partial charge is 0.304 e. The topological polar surface area (TPSA) is 96.5 Å². The van der Waals surface area contributed by atoms with E-state index in [9.17, 15) is 4.79 Å². The smallest absolute Gasteiger partial charge is 0.277 e. The Balaban J connectivity index is 2.25. The second kappa shape index (κ2) is 4.40. The van der Waals surface area contributed by atoms with E-state index >= 15 is 0 Å². The fraction of sp³-hybridized carbons (Fsp3) is 0.100. The molecule has 2 rings (SSSR count). The second-order valence-corrected chi connectivity index (χ2v) is 3.19. The molecule has 1 amide bonds. The molecule has 0 aliphatic heterocycles. The SMILES string of the molecule is Cn1ncc(C#N)c1NC(=O)c1cnccn1. The van der Waals surface area contributed by atoms with Gasteiger partial charge < -0.3 is 5.32 Å². The first-order chi connectivity index (χ1) is 8.22. The number of aromatic nitrogens is 4. The molecule has 1 N–H and O–H groups in total. The molecule has 7 nitrogen and oxygen atoms in total. The first-order valence-corrected chi connectivity index (χ1v) is 4.72. The lowest BCUT2D eigenvalue weighted by Gasteiger charge is -2.04. The molecular formula is C10H8N6O. The van der Waals surface area contributed by atoms with Gasteiger partial charge in [-0.3, -0.25) is 14.5 Å². The lowest BCUT2D eigenvalue weighted by atomic mass is 10.3. The normalized spacial score (nSPS) is 9.65. The Kier molecular flexibility index (Phi) is 2.79. The molecule has 0 aliphatic rings. The number of hydrogen-bond donors (Lipinski definition) is 1. The molecule has 0 fully saturated rings. The Bertz CT molecular complexity index is 583. The van der Waals surface area contributed by atoms with E-state index in [0.29, 0.717) is 11.4 Å². The summed E-state index contributed by atoms with van der Waals surface area (Å²) >= 11 is 0. The van der Waals surface area contributed by atoms with Crippen LogP contribution in [0.4, 0.5) is 5.82 Å². The van der Waals surface area contributed by atoms with E-state index in [0.717, 1.165) is 0 Å². The van der Waals surface area contributed by atoms with Gasteiger partial charge in [-0.25, -0.2) is 4.98 Å². The van der Waals surface area contributed by atoms with Crippen LogP contribution in [0.3, 0.4) is 0 Å². The number of amides is 1. The molecule has 0 unspecified atom stereocenters. The van der Waals surface area contributed by atoms with Crippen LogP contribution in [-0.2, 0) is 7.05 Å². The van der Waals surface area contributed by atoms with E-state index in [2.05, 4.69) is 20.4 Å². The quantitative estimate of drug-likeness (QED) is 0.799. The molecular weight excluding hydrogens is 220 g/mol. The van der Waals surface area contributed by atoms with Gasteiger partial charge in [0.1, 0.15) is 23.1 Å². The summed E-state index contributed by atoms with van der Waals surface area (Å²) in [7, 11) is 1.63. The van der Waals surface area contributed by atoms with Crippen LogP contribution in [0.2, 0.25) is 0 Å². The Morgan fingerprint density at radius 2 is 2.29 bits per heavy atom. The van der Waals surface area contributed by atoms with Gasteiger partial charge in [0, 0.05) is 19.4 Å². The van der Waals surface area contributed by atoms with Crippen molar-refractivity contribution in [3.05, 3.63) is 36.0 Å². The fourth-order valence-electron chi connectivity index (χ4n) is 1.26. The maximum Gasteiger partial charge on any atom is 0.277 e. The zero-order valence-corrected chi connectivity index (χ0v) is 8.95. The standard InChI is InChI=1S/C10H8N6O/c1-16-9(7(4-11)5-14-16)15-10(17)8-6-12-2-3-13-8/h2-3,5-6H,1H3,(H,15,17). The van der Waals surface area contributed by atoms with E-state index in [1.54, 1.807) is 7.05 Å². The summed E-state index contributed by atoms with van der Waals surface area (Å²) in [6, 6.07) is 1.94. The zero-order chi connectivity index (χ0) is 12.3. The van der Waals surface area contributed by atoms with Gasteiger partial charge in [-0.1, -0.05) is 0 Å². The minimum Gasteiger partial charge on any atom is -0.304 e. The van der Waals surface area contributed by atoms with Crippen LogP contribution in [0, 0.1) is 11.3 Å². The van der Waals surface area contributed by atoms with E-state index in [-0.39, 0.29) is 5.69 Å². The number of aryl methyl sites for hydroxylation is 1. The summed E-state index contributed by atoms with van der Waals surface area (Å²) < 4.78 is 1.41. The molecule has 0 atom stereocenters. The molecule has 0 saturated heterocycles. The van der Waals surface area contributed by atoms with Gasteiger partial charge in [0.15, 0.2) is 0 Å². The molecule has 84 valence electrons. The van der Waals surface area contributed by atoms with Crippen molar-refractivity contribution in [3.63, 3.8) is 0 Å². The second-order valence-electron chi connectivity index (χ2n) is 3.19. The highest BCUT2D eigenvalue weighted by atomic mass is 16.2. The van der Waals surface area contributed by atoms with Crippen LogP contribution in [-0.4, -0.2) is 25.7 Å². The third-order valence-corrected chi connectivity index (χ3v) is 2.09. The Hall–Kier alpha value is -2.75. The predicted molar refractivity (Wildman–Crippen MR) is 57.9 cm³/mol. The van der Waals surface area contributed by atoms with Crippen molar-refractivity contribution in [2.24, 2.45) is 7.05 Å². The lowest BCUT2D eigenvalue weighted by molar-refractivity contribution is 0.102. The number of carbonyl (C=O) groups excluding carboxylic acids is 1. The van der Waals surface area contributed by atoms with Crippen LogP contribution >= 0.6 is 0 Å². The maximum absolute atomic E-state index is 11.8. The molecule has 2 heterocycles. The van der Waals surface area contributed by atoms with E-state index in [1.807, 2.05) is 6.07 Å². The molecule has 0 radical (unpaired) electrons.